The summed E-state index contributed by atoms with van der Waals surface area (Å²) < 4.78 is 0. The first-order chi connectivity index (χ1) is 9.22. The summed E-state index contributed by atoms with van der Waals surface area (Å²) in [6.45, 7) is 1.19. The predicted octanol–water partition coefficient (Wildman–Crippen LogP) is 1.45. The van der Waals surface area contributed by atoms with Gasteiger partial charge in [0, 0.05) is 25.6 Å². The van der Waals surface area contributed by atoms with Gasteiger partial charge in [-0.05, 0) is 24.8 Å². The number of amides is 1. The Hall–Kier alpha value is -1.39. The van der Waals surface area contributed by atoms with Gasteiger partial charge in [0.2, 0.25) is 5.91 Å². The van der Waals surface area contributed by atoms with Gasteiger partial charge in [-0.25, -0.2) is 0 Å². The van der Waals surface area contributed by atoms with Crippen molar-refractivity contribution in [3.05, 3.63) is 35.9 Å². The van der Waals surface area contributed by atoms with E-state index in [0.717, 1.165) is 24.9 Å². The lowest BCUT2D eigenvalue weighted by Crippen LogP contribution is -2.37. The Labute approximate surface area is 114 Å². The van der Waals surface area contributed by atoms with Crippen LogP contribution in [0.25, 0.3) is 0 Å². The Balaban J connectivity index is 1.96. The summed E-state index contributed by atoms with van der Waals surface area (Å²) in [6, 6.07) is 9.77. The maximum Gasteiger partial charge on any atom is 0.224 e. The van der Waals surface area contributed by atoms with Gasteiger partial charge in [-0.1, -0.05) is 30.3 Å². The molecule has 1 fully saturated rings. The molecule has 2 atom stereocenters. The van der Waals surface area contributed by atoms with Crippen molar-refractivity contribution in [3.8, 4) is 0 Å². The monoisotopic (exact) mass is 262 g/mol. The van der Waals surface area contributed by atoms with Crippen LogP contribution in [0, 0.1) is 0 Å². The molecule has 0 saturated carbocycles. The van der Waals surface area contributed by atoms with E-state index in [1.807, 2.05) is 35.2 Å². The largest absolute Gasteiger partial charge is 0.388 e. The standard InChI is InChI=1S/C15H22N2O2/c16-9-8-15(19)17-10-4-7-13(17)11-14(18)12-5-2-1-3-6-12/h1-3,5-6,13-14,18H,4,7-11,16H2/t13-,14+/m0/s1. The molecule has 0 unspecified atom stereocenters. The fourth-order valence-corrected chi connectivity index (χ4v) is 2.75. The van der Waals surface area contributed by atoms with Crippen LogP contribution in [-0.2, 0) is 4.79 Å². The van der Waals surface area contributed by atoms with E-state index in [4.69, 9.17) is 5.73 Å². The van der Waals surface area contributed by atoms with Crippen molar-refractivity contribution in [1.29, 1.82) is 0 Å². The Kier molecular flexibility index (Phi) is 4.93. The molecule has 1 aromatic rings. The van der Waals surface area contributed by atoms with Crippen LogP contribution < -0.4 is 5.73 Å². The van der Waals surface area contributed by atoms with Gasteiger partial charge in [-0.3, -0.25) is 4.79 Å². The summed E-state index contributed by atoms with van der Waals surface area (Å²) in [5, 5.41) is 10.2. The van der Waals surface area contributed by atoms with Gasteiger partial charge in [0.25, 0.3) is 0 Å². The molecule has 0 aromatic heterocycles. The third kappa shape index (κ3) is 3.55. The number of rotatable bonds is 5. The van der Waals surface area contributed by atoms with E-state index in [2.05, 4.69) is 0 Å². The molecule has 1 amide bonds. The molecule has 4 heteroatoms. The number of likely N-dealkylation sites (tertiary alicyclic amines) is 1. The van der Waals surface area contributed by atoms with Gasteiger partial charge in [0.05, 0.1) is 6.10 Å². The quantitative estimate of drug-likeness (QED) is 0.844. The number of benzene rings is 1. The minimum Gasteiger partial charge on any atom is -0.388 e. The minimum absolute atomic E-state index is 0.116. The summed E-state index contributed by atoms with van der Waals surface area (Å²) in [7, 11) is 0. The highest BCUT2D eigenvalue weighted by Gasteiger charge is 2.29. The van der Waals surface area contributed by atoms with Crippen LogP contribution in [0.3, 0.4) is 0 Å². The van der Waals surface area contributed by atoms with Crippen molar-refractivity contribution in [2.75, 3.05) is 13.1 Å². The van der Waals surface area contributed by atoms with E-state index in [0.29, 0.717) is 19.4 Å². The van der Waals surface area contributed by atoms with Crippen molar-refractivity contribution in [2.24, 2.45) is 5.73 Å². The number of carbonyl (C=O) groups is 1. The molecule has 19 heavy (non-hydrogen) atoms. The lowest BCUT2D eigenvalue weighted by Gasteiger charge is -2.26. The lowest BCUT2D eigenvalue weighted by molar-refractivity contribution is -0.132. The number of carbonyl (C=O) groups excluding carboxylic acids is 1. The molecule has 2 rings (SSSR count). The van der Waals surface area contributed by atoms with Crippen LogP contribution in [0.15, 0.2) is 30.3 Å². The Morgan fingerprint density at radius 1 is 1.42 bits per heavy atom. The Bertz CT molecular complexity index is 408. The van der Waals surface area contributed by atoms with E-state index in [-0.39, 0.29) is 11.9 Å². The molecule has 1 aliphatic rings. The predicted molar refractivity (Wildman–Crippen MR) is 74.4 cm³/mol. The molecule has 0 bridgehead atoms. The second-order valence-corrected chi connectivity index (χ2v) is 5.08. The molecular weight excluding hydrogens is 240 g/mol. The van der Waals surface area contributed by atoms with E-state index in [1.165, 1.54) is 0 Å². The molecule has 1 heterocycles. The van der Waals surface area contributed by atoms with Gasteiger partial charge >= 0.3 is 0 Å². The van der Waals surface area contributed by atoms with Crippen LogP contribution in [0.1, 0.15) is 37.4 Å². The molecule has 3 N–H and O–H groups in total. The zero-order valence-electron chi connectivity index (χ0n) is 11.2. The number of hydrogen-bond donors (Lipinski definition) is 2. The first kappa shape index (κ1) is 14.0. The SMILES string of the molecule is NCCC(=O)N1CCC[C@H]1C[C@@H](O)c1ccccc1. The van der Waals surface area contributed by atoms with Crippen LogP contribution in [-0.4, -0.2) is 35.0 Å². The molecule has 1 aromatic carbocycles. The highest BCUT2D eigenvalue weighted by Crippen LogP contribution is 2.27. The second kappa shape index (κ2) is 6.68. The average Bonchev–Trinajstić information content (AvgIpc) is 2.88. The Morgan fingerprint density at radius 3 is 2.84 bits per heavy atom. The maximum atomic E-state index is 11.9. The summed E-state index contributed by atoms with van der Waals surface area (Å²) in [6.07, 6.45) is 2.50. The molecule has 1 saturated heterocycles. The van der Waals surface area contributed by atoms with E-state index in [1.54, 1.807) is 0 Å². The van der Waals surface area contributed by atoms with Gasteiger partial charge in [0.1, 0.15) is 0 Å². The number of hydrogen-bond acceptors (Lipinski definition) is 3. The highest BCUT2D eigenvalue weighted by atomic mass is 16.3. The van der Waals surface area contributed by atoms with Crippen LogP contribution in [0.5, 0.6) is 0 Å². The molecule has 0 aliphatic carbocycles. The van der Waals surface area contributed by atoms with Crippen LogP contribution >= 0.6 is 0 Å². The minimum atomic E-state index is -0.502. The molecule has 104 valence electrons. The van der Waals surface area contributed by atoms with Gasteiger partial charge in [0.15, 0.2) is 0 Å². The molecular formula is C15H22N2O2. The summed E-state index contributed by atoms with van der Waals surface area (Å²) >= 11 is 0. The topological polar surface area (TPSA) is 66.6 Å². The zero-order valence-corrected chi connectivity index (χ0v) is 11.2. The molecule has 4 nitrogen and oxygen atoms in total. The van der Waals surface area contributed by atoms with Crippen molar-refractivity contribution in [3.63, 3.8) is 0 Å². The van der Waals surface area contributed by atoms with Crippen LogP contribution in [0.2, 0.25) is 0 Å². The fraction of sp³-hybridized carbons (Fsp3) is 0.533. The average molecular weight is 262 g/mol. The third-order valence-electron chi connectivity index (χ3n) is 3.74. The van der Waals surface area contributed by atoms with E-state index in [9.17, 15) is 9.90 Å². The lowest BCUT2D eigenvalue weighted by atomic mass is 10.0. The van der Waals surface area contributed by atoms with Crippen molar-refractivity contribution in [1.82, 2.24) is 4.90 Å². The van der Waals surface area contributed by atoms with Gasteiger partial charge in [-0.2, -0.15) is 0 Å². The first-order valence-corrected chi connectivity index (χ1v) is 6.95. The number of nitrogens with two attached hydrogens (primary N) is 1. The first-order valence-electron chi connectivity index (χ1n) is 6.95. The number of nitrogens with zero attached hydrogens (tertiary/aromatic N) is 1. The fourth-order valence-electron chi connectivity index (χ4n) is 2.75. The molecule has 1 aliphatic heterocycles. The van der Waals surface area contributed by atoms with Crippen LogP contribution in [0.4, 0.5) is 0 Å². The van der Waals surface area contributed by atoms with Crippen molar-refractivity contribution < 1.29 is 9.90 Å². The summed E-state index contributed by atoms with van der Waals surface area (Å²) in [4.78, 5) is 13.8. The third-order valence-corrected chi connectivity index (χ3v) is 3.74. The van der Waals surface area contributed by atoms with Crippen molar-refractivity contribution in [2.45, 2.75) is 37.8 Å². The number of aliphatic hydroxyl groups is 1. The summed E-state index contributed by atoms with van der Waals surface area (Å²) in [5.74, 6) is 0.116. The van der Waals surface area contributed by atoms with E-state index < -0.39 is 6.10 Å². The normalized spacial score (nSPS) is 20.5. The molecule has 0 spiro atoms. The molecule has 0 radical (unpaired) electrons. The highest BCUT2D eigenvalue weighted by molar-refractivity contribution is 5.77. The van der Waals surface area contributed by atoms with Gasteiger partial charge < -0.3 is 15.7 Å². The maximum absolute atomic E-state index is 11.9. The van der Waals surface area contributed by atoms with Gasteiger partial charge in [-0.15, -0.1) is 0 Å². The number of aliphatic hydroxyl groups excluding tert-OH is 1. The smallest absolute Gasteiger partial charge is 0.224 e. The second-order valence-electron chi connectivity index (χ2n) is 5.08. The van der Waals surface area contributed by atoms with E-state index >= 15 is 0 Å². The Morgan fingerprint density at radius 2 is 2.16 bits per heavy atom. The van der Waals surface area contributed by atoms with Crippen molar-refractivity contribution >= 4 is 5.91 Å². The summed E-state index contributed by atoms with van der Waals surface area (Å²) in [5.41, 5.74) is 6.36. The zero-order chi connectivity index (χ0) is 13.7.